The maximum Gasteiger partial charge on any atom is 0.328 e. The zero-order valence-electron chi connectivity index (χ0n) is 18.4. The Kier molecular flexibility index (Phi) is 5.48. The van der Waals surface area contributed by atoms with Crippen LogP contribution >= 0.6 is 11.3 Å². The molecule has 0 fully saturated rings. The number of hydrogen-bond acceptors (Lipinski definition) is 2. The molecular weight excluding hydrogens is 376 g/mol. The average Bonchev–Trinajstić information content (AvgIpc) is 3.03. The number of carboxylic acids is 1. The second-order valence-corrected chi connectivity index (χ2v) is 10.9. The number of thiophene rings is 1. The van der Waals surface area contributed by atoms with Crippen molar-refractivity contribution < 1.29 is 9.90 Å². The predicted molar refractivity (Wildman–Crippen MR) is 126 cm³/mol. The molecule has 0 aliphatic heterocycles. The number of benzene rings is 2. The second-order valence-electron chi connectivity index (χ2n) is 9.79. The van der Waals surface area contributed by atoms with Gasteiger partial charge in [0.25, 0.3) is 0 Å². The largest absolute Gasteiger partial charge is 0.478 e. The Labute approximate surface area is 177 Å². The van der Waals surface area contributed by atoms with Gasteiger partial charge in [-0.3, -0.25) is 0 Å². The second kappa shape index (κ2) is 7.46. The number of aliphatic carboxylic acids is 1. The van der Waals surface area contributed by atoms with Gasteiger partial charge in [0.05, 0.1) is 0 Å². The first-order chi connectivity index (χ1) is 13.4. The van der Waals surface area contributed by atoms with Gasteiger partial charge >= 0.3 is 5.97 Å². The van der Waals surface area contributed by atoms with Crippen molar-refractivity contribution in [3.8, 4) is 11.1 Å². The van der Waals surface area contributed by atoms with Crippen LogP contribution in [0.25, 0.3) is 26.8 Å². The van der Waals surface area contributed by atoms with Crippen molar-refractivity contribution in [2.45, 2.75) is 59.3 Å². The van der Waals surface area contributed by atoms with Crippen LogP contribution in [0.4, 0.5) is 0 Å². The minimum Gasteiger partial charge on any atom is -0.478 e. The highest BCUT2D eigenvalue weighted by molar-refractivity contribution is 7.20. The van der Waals surface area contributed by atoms with Crippen molar-refractivity contribution in [3.05, 3.63) is 64.5 Å². The van der Waals surface area contributed by atoms with Crippen LogP contribution in [0.3, 0.4) is 0 Å². The monoisotopic (exact) mass is 406 g/mol. The zero-order valence-corrected chi connectivity index (χ0v) is 19.2. The van der Waals surface area contributed by atoms with E-state index in [-0.39, 0.29) is 10.8 Å². The molecule has 3 aromatic rings. The fourth-order valence-electron chi connectivity index (χ4n) is 3.41. The third-order valence-corrected chi connectivity index (χ3v) is 6.50. The summed E-state index contributed by atoms with van der Waals surface area (Å²) >= 11 is 1.64. The Balaban J connectivity index is 2.25. The first-order valence-corrected chi connectivity index (χ1v) is 10.8. The lowest BCUT2D eigenvalue weighted by Gasteiger charge is -2.26. The van der Waals surface area contributed by atoms with Gasteiger partial charge in [0.15, 0.2) is 0 Å². The summed E-state index contributed by atoms with van der Waals surface area (Å²) in [4.78, 5) is 12.1. The van der Waals surface area contributed by atoms with Crippen LogP contribution in [-0.2, 0) is 15.6 Å². The molecule has 1 aromatic heterocycles. The molecule has 1 heterocycles. The average molecular weight is 407 g/mol. The summed E-state index contributed by atoms with van der Waals surface area (Å²) in [7, 11) is 0. The molecule has 3 heteroatoms. The van der Waals surface area contributed by atoms with Crippen molar-refractivity contribution >= 4 is 33.0 Å². The normalized spacial score (nSPS) is 13.1. The first kappa shape index (κ1) is 21.3. The molecule has 2 aromatic carbocycles. The smallest absolute Gasteiger partial charge is 0.328 e. The summed E-state index contributed by atoms with van der Waals surface area (Å²) in [6.45, 7) is 15.4. The Morgan fingerprint density at radius 3 is 2.03 bits per heavy atom. The van der Waals surface area contributed by atoms with Crippen molar-refractivity contribution in [1.29, 1.82) is 0 Å². The van der Waals surface area contributed by atoms with Crippen LogP contribution in [-0.4, -0.2) is 11.1 Å². The van der Waals surface area contributed by atoms with Gasteiger partial charge in [-0.2, -0.15) is 0 Å². The third-order valence-electron chi connectivity index (χ3n) is 5.27. The summed E-state index contributed by atoms with van der Waals surface area (Å²) in [6, 6.07) is 15.5. The molecule has 3 rings (SSSR count). The van der Waals surface area contributed by atoms with Crippen molar-refractivity contribution in [2.24, 2.45) is 0 Å². The van der Waals surface area contributed by atoms with E-state index in [4.69, 9.17) is 5.11 Å². The molecule has 0 saturated carbocycles. The predicted octanol–water partition coefficient (Wildman–Crippen LogP) is 7.65. The maximum absolute atomic E-state index is 11.1. The summed E-state index contributed by atoms with van der Waals surface area (Å²) in [5, 5.41) is 10.3. The van der Waals surface area contributed by atoms with E-state index < -0.39 is 5.97 Å². The number of carbonyl (C=O) groups is 1. The molecule has 0 saturated heterocycles. The SMILES string of the molecule is C/C(=C\C(=O)O)c1cc2c(-c3cc(C(C)(C)C)cc(C(C)(C)C)c3)cccc2s1. The molecule has 2 nitrogen and oxygen atoms in total. The molecular formula is C26H30O2S. The third kappa shape index (κ3) is 4.62. The van der Waals surface area contributed by atoms with Gasteiger partial charge in [0.1, 0.15) is 0 Å². The Morgan fingerprint density at radius 2 is 1.52 bits per heavy atom. The highest BCUT2D eigenvalue weighted by Gasteiger charge is 2.21. The minimum atomic E-state index is -0.909. The molecule has 0 aliphatic rings. The van der Waals surface area contributed by atoms with Crippen molar-refractivity contribution in [3.63, 3.8) is 0 Å². The number of carboxylic acid groups (broad SMARTS) is 1. The summed E-state index contributed by atoms with van der Waals surface area (Å²) in [5.74, 6) is -0.909. The fourth-order valence-corrected chi connectivity index (χ4v) is 4.47. The van der Waals surface area contributed by atoms with Crippen LogP contribution in [0.15, 0.2) is 48.5 Å². The van der Waals surface area contributed by atoms with E-state index in [0.717, 1.165) is 10.5 Å². The number of fused-ring (bicyclic) bond motifs is 1. The van der Waals surface area contributed by atoms with Crippen molar-refractivity contribution in [1.82, 2.24) is 0 Å². The molecule has 0 bridgehead atoms. The Morgan fingerprint density at radius 1 is 0.931 bits per heavy atom. The van der Waals surface area contributed by atoms with Crippen LogP contribution < -0.4 is 0 Å². The van der Waals surface area contributed by atoms with Gasteiger partial charge in [-0.15, -0.1) is 11.3 Å². The van der Waals surface area contributed by atoms with E-state index in [1.807, 2.05) is 6.92 Å². The summed E-state index contributed by atoms with van der Waals surface area (Å²) in [6.07, 6.45) is 1.28. The van der Waals surface area contributed by atoms with Crippen LogP contribution in [0, 0.1) is 0 Å². The van der Waals surface area contributed by atoms with Crippen molar-refractivity contribution in [2.75, 3.05) is 0 Å². The van der Waals surface area contributed by atoms with E-state index >= 15 is 0 Å². The van der Waals surface area contributed by atoms with E-state index in [2.05, 4.69) is 84.0 Å². The minimum absolute atomic E-state index is 0.0600. The van der Waals surface area contributed by atoms with Crippen LogP contribution in [0.2, 0.25) is 0 Å². The van der Waals surface area contributed by atoms with Gasteiger partial charge in [0, 0.05) is 21.0 Å². The molecule has 0 radical (unpaired) electrons. The molecule has 1 N–H and O–H groups in total. The molecule has 0 amide bonds. The maximum atomic E-state index is 11.1. The van der Waals surface area contributed by atoms with Crippen LogP contribution in [0.5, 0.6) is 0 Å². The van der Waals surface area contributed by atoms with Crippen LogP contribution in [0.1, 0.15) is 64.5 Å². The van der Waals surface area contributed by atoms with Gasteiger partial charge in [-0.1, -0.05) is 71.9 Å². The van der Waals surface area contributed by atoms with E-state index in [1.54, 1.807) is 11.3 Å². The number of rotatable bonds is 3. The van der Waals surface area contributed by atoms with Gasteiger partial charge < -0.3 is 5.11 Å². The highest BCUT2D eigenvalue weighted by Crippen LogP contribution is 2.39. The lowest BCUT2D eigenvalue weighted by atomic mass is 9.78. The van der Waals surface area contributed by atoms with E-state index in [0.29, 0.717) is 0 Å². The van der Waals surface area contributed by atoms with E-state index in [9.17, 15) is 4.79 Å². The zero-order chi connectivity index (χ0) is 21.6. The summed E-state index contributed by atoms with van der Waals surface area (Å²) < 4.78 is 1.18. The molecule has 29 heavy (non-hydrogen) atoms. The van der Waals surface area contributed by atoms with Gasteiger partial charge in [0.2, 0.25) is 0 Å². The lowest BCUT2D eigenvalue weighted by molar-refractivity contribution is -0.131. The standard InChI is InChI=1S/C26H30O2S/c1-16(11-24(27)28)23-15-21-20(9-8-10-22(21)29-23)17-12-18(25(2,3)4)14-19(13-17)26(5,6)7/h8-15H,1-7H3,(H,27,28)/b16-11+. The number of allylic oxidation sites excluding steroid dienone is 1. The lowest BCUT2D eigenvalue weighted by Crippen LogP contribution is -2.16. The topological polar surface area (TPSA) is 37.3 Å². The highest BCUT2D eigenvalue weighted by atomic mass is 32.1. The quantitative estimate of drug-likeness (QED) is 0.453. The van der Waals surface area contributed by atoms with Gasteiger partial charge in [-0.05, 0) is 57.7 Å². The fraction of sp³-hybridized carbons (Fsp3) is 0.346. The molecule has 0 atom stereocenters. The molecule has 0 aliphatic carbocycles. The first-order valence-electron chi connectivity index (χ1n) is 9.97. The molecule has 0 unspecified atom stereocenters. The summed E-state index contributed by atoms with van der Waals surface area (Å²) in [5.41, 5.74) is 5.98. The van der Waals surface area contributed by atoms with E-state index in [1.165, 1.54) is 38.4 Å². The Hall–Kier alpha value is -2.39. The van der Waals surface area contributed by atoms with Gasteiger partial charge in [-0.25, -0.2) is 4.79 Å². The molecule has 152 valence electrons. The number of hydrogen-bond donors (Lipinski definition) is 1. The molecule has 0 spiro atoms. The Bertz CT molecular complexity index is 1070.